The van der Waals surface area contributed by atoms with E-state index in [-0.39, 0.29) is 6.10 Å². The Morgan fingerprint density at radius 2 is 2.47 bits per heavy atom. The average Bonchev–Trinajstić information content (AvgIpc) is 2.78. The molecule has 0 aliphatic heterocycles. The minimum atomic E-state index is -0.142. The highest BCUT2D eigenvalue weighted by Crippen LogP contribution is 2.18. The molecule has 15 heavy (non-hydrogen) atoms. The van der Waals surface area contributed by atoms with Crippen molar-refractivity contribution in [1.82, 2.24) is 15.1 Å². The molecule has 0 aromatic carbocycles. The first kappa shape index (κ1) is 10.6. The summed E-state index contributed by atoms with van der Waals surface area (Å²) in [6.07, 6.45) is 5.84. The first-order valence-corrected chi connectivity index (χ1v) is 5.65. The lowest BCUT2D eigenvalue weighted by atomic mass is 10.2. The molecule has 1 aliphatic rings. The molecular weight excluding hydrogens is 190 g/mol. The van der Waals surface area contributed by atoms with Gasteiger partial charge in [0.1, 0.15) is 0 Å². The number of nitrogens with zero attached hydrogens (tertiary/aromatic N) is 2. The Morgan fingerprint density at radius 3 is 3.07 bits per heavy atom. The van der Waals surface area contributed by atoms with Gasteiger partial charge in [0.2, 0.25) is 0 Å². The Morgan fingerprint density at radius 1 is 1.60 bits per heavy atom. The zero-order valence-corrected chi connectivity index (χ0v) is 9.19. The third kappa shape index (κ3) is 2.58. The van der Waals surface area contributed by atoms with E-state index in [0.717, 1.165) is 32.2 Å². The number of aliphatic hydroxyl groups is 1. The van der Waals surface area contributed by atoms with Gasteiger partial charge in [0.05, 0.1) is 6.10 Å². The second-order valence-electron chi connectivity index (χ2n) is 4.26. The van der Waals surface area contributed by atoms with Crippen molar-refractivity contribution in [3.05, 3.63) is 18.0 Å². The molecule has 2 rings (SSSR count). The topological polar surface area (TPSA) is 50.1 Å². The van der Waals surface area contributed by atoms with E-state index in [1.807, 2.05) is 24.0 Å². The van der Waals surface area contributed by atoms with Gasteiger partial charge in [-0.2, -0.15) is 5.10 Å². The standard InChI is InChI=1S/C11H19N3O/c1-14-9(6-8-13-14)5-7-12-10-3-2-4-11(10)15/h6,8,10-12,15H,2-5,7H2,1H3/t10-,11-/m1/s1. The second-order valence-corrected chi connectivity index (χ2v) is 4.26. The van der Waals surface area contributed by atoms with Crippen LogP contribution in [-0.2, 0) is 13.5 Å². The van der Waals surface area contributed by atoms with Crippen LogP contribution >= 0.6 is 0 Å². The molecule has 1 aromatic rings. The molecule has 4 nitrogen and oxygen atoms in total. The summed E-state index contributed by atoms with van der Waals surface area (Å²) >= 11 is 0. The second kappa shape index (κ2) is 4.77. The minimum Gasteiger partial charge on any atom is -0.392 e. The van der Waals surface area contributed by atoms with Gasteiger partial charge in [-0.15, -0.1) is 0 Å². The van der Waals surface area contributed by atoms with Crippen molar-refractivity contribution in [2.75, 3.05) is 6.54 Å². The van der Waals surface area contributed by atoms with Gasteiger partial charge in [-0.25, -0.2) is 0 Å². The summed E-state index contributed by atoms with van der Waals surface area (Å²) in [7, 11) is 1.96. The van der Waals surface area contributed by atoms with E-state index >= 15 is 0 Å². The fraction of sp³-hybridized carbons (Fsp3) is 0.727. The zero-order valence-electron chi connectivity index (χ0n) is 9.19. The van der Waals surface area contributed by atoms with Gasteiger partial charge in [-0.3, -0.25) is 4.68 Å². The lowest BCUT2D eigenvalue weighted by molar-refractivity contribution is 0.149. The van der Waals surface area contributed by atoms with Crippen LogP contribution in [0.4, 0.5) is 0 Å². The van der Waals surface area contributed by atoms with Gasteiger partial charge in [-0.05, 0) is 25.3 Å². The van der Waals surface area contributed by atoms with E-state index in [4.69, 9.17) is 0 Å². The Balaban J connectivity index is 1.73. The fourth-order valence-corrected chi connectivity index (χ4v) is 2.21. The SMILES string of the molecule is Cn1nccc1CCN[C@@H]1CCC[C@H]1O. The van der Waals surface area contributed by atoms with Crippen molar-refractivity contribution in [3.8, 4) is 0 Å². The first-order valence-electron chi connectivity index (χ1n) is 5.65. The summed E-state index contributed by atoms with van der Waals surface area (Å²) in [5.41, 5.74) is 1.23. The van der Waals surface area contributed by atoms with Crippen LogP contribution in [0, 0.1) is 0 Å². The number of aryl methyl sites for hydroxylation is 1. The lowest BCUT2D eigenvalue weighted by Gasteiger charge is -2.16. The summed E-state index contributed by atoms with van der Waals surface area (Å²) in [6.45, 7) is 0.918. The van der Waals surface area contributed by atoms with Gasteiger partial charge < -0.3 is 10.4 Å². The maximum atomic E-state index is 9.62. The molecule has 1 saturated carbocycles. The Bertz CT molecular complexity index is 311. The van der Waals surface area contributed by atoms with Crippen LogP contribution in [0.15, 0.2) is 12.3 Å². The Hall–Kier alpha value is -0.870. The predicted molar refractivity (Wildman–Crippen MR) is 58.6 cm³/mol. The number of rotatable bonds is 4. The molecule has 0 bridgehead atoms. The lowest BCUT2D eigenvalue weighted by Crippen LogP contribution is -2.36. The maximum Gasteiger partial charge on any atom is 0.0693 e. The average molecular weight is 209 g/mol. The highest BCUT2D eigenvalue weighted by atomic mass is 16.3. The molecule has 0 amide bonds. The van der Waals surface area contributed by atoms with Crippen LogP contribution in [0.25, 0.3) is 0 Å². The van der Waals surface area contributed by atoms with E-state index < -0.39 is 0 Å². The highest BCUT2D eigenvalue weighted by Gasteiger charge is 2.24. The quantitative estimate of drug-likeness (QED) is 0.757. The van der Waals surface area contributed by atoms with E-state index in [2.05, 4.69) is 10.4 Å². The van der Waals surface area contributed by atoms with Crippen molar-refractivity contribution in [2.45, 2.75) is 37.8 Å². The summed E-state index contributed by atoms with van der Waals surface area (Å²) in [4.78, 5) is 0. The maximum absolute atomic E-state index is 9.62. The molecule has 1 heterocycles. The molecule has 0 saturated heterocycles. The predicted octanol–water partition coefficient (Wildman–Crippen LogP) is 0.466. The Labute approximate surface area is 90.3 Å². The number of aromatic nitrogens is 2. The van der Waals surface area contributed by atoms with E-state index in [1.165, 1.54) is 5.69 Å². The number of hydrogen-bond donors (Lipinski definition) is 2. The van der Waals surface area contributed by atoms with Gasteiger partial charge >= 0.3 is 0 Å². The van der Waals surface area contributed by atoms with Crippen molar-refractivity contribution in [3.63, 3.8) is 0 Å². The number of hydrogen-bond acceptors (Lipinski definition) is 3. The summed E-state index contributed by atoms with van der Waals surface area (Å²) in [5.74, 6) is 0. The summed E-state index contributed by atoms with van der Waals surface area (Å²) in [5, 5.41) is 17.1. The van der Waals surface area contributed by atoms with Crippen LogP contribution in [-0.4, -0.2) is 33.6 Å². The van der Waals surface area contributed by atoms with Crippen molar-refractivity contribution >= 4 is 0 Å². The van der Waals surface area contributed by atoms with Crippen molar-refractivity contribution < 1.29 is 5.11 Å². The minimum absolute atomic E-state index is 0.142. The molecule has 1 aromatic heterocycles. The molecule has 84 valence electrons. The molecule has 0 unspecified atom stereocenters. The van der Waals surface area contributed by atoms with E-state index in [9.17, 15) is 5.11 Å². The smallest absolute Gasteiger partial charge is 0.0693 e. The van der Waals surface area contributed by atoms with Crippen molar-refractivity contribution in [1.29, 1.82) is 0 Å². The van der Waals surface area contributed by atoms with Crippen LogP contribution in [0.2, 0.25) is 0 Å². The Kier molecular flexibility index (Phi) is 3.38. The van der Waals surface area contributed by atoms with Crippen LogP contribution < -0.4 is 5.32 Å². The third-order valence-corrected chi connectivity index (χ3v) is 3.19. The van der Waals surface area contributed by atoms with Crippen LogP contribution in [0.5, 0.6) is 0 Å². The van der Waals surface area contributed by atoms with E-state index in [1.54, 1.807) is 0 Å². The van der Waals surface area contributed by atoms with Gasteiger partial charge in [0, 0.05) is 37.9 Å². The van der Waals surface area contributed by atoms with Gasteiger partial charge in [0.25, 0.3) is 0 Å². The van der Waals surface area contributed by atoms with Crippen molar-refractivity contribution in [2.24, 2.45) is 7.05 Å². The zero-order chi connectivity index (χ0) is 10.7. The summed E-state index contributed by atoms with van der Waals surface area (Å²) in [6, 6.07) is 2.34. The third-order valence-electron chi connectivity index (χ3n) is 3.19. The molecule has 1 fully saturated rings. The van der Waals surface area contributed by atoms with Crippen LogP contribution in [0.1, 0.15) is 25.0 Å². The molecule has 1 aliphatic carbocycles. The number of nitrogens with one attached hydrogen (secondary N) is 1. The molecule has 2 N–H and O–H groups in total. The van der Waals surface area contributed by atoms with Gasteiger partial charge in [-0.1, -0.05) is 0 Å². The largest absolute Gasteiger partial charge is 0.392 e. The first-order chi connectivity index (χ1) is 7.27. The molecular formula is C11H19N3O. The molecule has 0 radical (unpaired) electrons. The summed E-state index contributed by atoms with van der Waals surface area (Å²) < 4.78 is 1.90. The molecule has 0 spiro atoms. The monoisotopic (exact) mass is 209 g/mol. The highest BCUT2D eigenvalue weighted by molar-refractivity contribution is 5.00. The van der Waals surface area contributed by atoms with Gasteiger partial charge in [0.15, 0.2) is 0 Å². The fourth-order valence-electron chi connectivity index (χ4n) is 2.21. The molecule has 4 heteroatoms. The molecule has 2 atom stereocenters. The van der Waals surface area contributed by atoms with Crippen LogP contribution in [0.3, 0.4) is 0 Å². The normalized spacial score (nSPS) is 26.0. The van der Waals surface area contributed by atoms with E-state index in [0.29, 0.717) is 6.04 Å². The number of aliphatic hydroxyl groups excluding tert-OH is 1.